The summed E-state index contributed by atoms with van der Waals surface area (Å²) in [6, 6.07) is 11.9. The minimum absolute atomic E-state index is 0.0202. The van der Waals surface area contributed by atoms with Crippen LogP contribution in [0.5, 0.6) is 11.5 Å². The molecule has 100 valence electrons. The van der Waals surface area contributed by atoms with Gasteiger partial charge in [0.1, 0.15) is 5.75 Å². The van der Waals surface area contributed by atoms with E-state index in [0.717, 1.165) is 5.56 Å². The van der Waals surface area contributed by atoms with Gasteiger partial charge in [-0.3, -0.25) is 0 Å². The summed E-state index contributed by atoms with van der Waals surface area (Å²) in [6.07, 6.45) is 0. The highest BCUT2D eigenvalue weighted by atomic mass is 35.5. The summed E-state index contributed by atoms with van der Waals surface area (Å²) >= 11 is 6.03. The van der Waals surface area contributed by atoms with Crippen molar-refractivity contribution in [1.82, 2.24) is 5.32 Å². The van der Waals surface area contributed by atoms with Crippen molar-refractivity contribution in [3.8, 4) is 11.5 Å². The first-order chi connectivity index (χ1) is 9.13. The number of rotatable bonds is 4. The Labute approximate surface area is 117 Å². The number of hydrogen-bond acceptors (Lipinski definition) is 2. The zero-order valence-corrected chi connectivity index (χ0v) is 11.5. The van der Waals surface area contributed by atoms with E-state index >= 15 is 0 Å². The number of halogens is 2. The molecule has 0 aromatic heterocycles. The van der Waals surface area contributed by atoms with E-state index in [1.165, 1.54) is 6.07 Å². The highest BCUT2D eigenvalue weighted by molar-refractivity contribution is 6.32. The Morgan fingerprint density at radius 1 is 1.16 bits per heavy atom. The van der Waals surface area contributed by atoms with Crippen LogP contribution in [0.4, 0.5) is 4.39 Å². The van der Waals surface area contributed by atoms with Crippen LogP contribution in [0.2, 0.25) is 5.02 Å². The average molecular weight is 280 g/mol. The summed E-state index contributed by atoms with van der Waals surface area (Å²) in [6.45, 7) is 1.94. The van der Waals surface area contributed by atoms with Crippen LogP contribution in [-0.2, 0) is 0 Å². The molecular formula is C15H15ClFNO. The second kappa shape index (κ2) is 6.04. The lowest BCUT2D eigenvalue weighted by atomic mass is 10.1. The smallest absolute Gasteiger partial charge is 0.167 e. The van der Waals surface area contributed by atoms with Gasteiger partial charge in [0, 0.05) is 11.6 Å². The molecule has 0 amide bonds. The van der Waals surface area contributed by atoms with Gasteiger partial charge in [0.25, 0.3) is 0 Å². The number of benzene rings is 2. The lowest BCUT2D eigenvalue weighted by Gasteiger charge is -2.17. The maximum Gasteiger partial charge on any atom is 0.167 e. The molecule has 0 heterocycles. The highest BCUT2D eigenvalue weighted by Gasteiger charge is 2.16. The maximum atomic E-state index is 14.0. The molecule has 0 fully saturated rings. The molecule has 1 atom stereocenters. The Balaban J connectivity index is 2.42. The molecule has 2 nitrogen and oxygen atoms in total. The van der Waals surface area contributed by atoms with Crippen molar-refractivity contribution in [3.05, 3.63) is 58.9 Å². The van der Waals surface area contributed by atoms with E-state index in [1.807, 2.05) is 20.0 Å². The third-order valence-corrected chi connectivity index (χ3v) is 3.26. The standard InChI is InChI=1S/C15H15ClFNO/c1-10(18-2)11-6-5-8-13(17)15(11)19-14-9-4-3-7-12(14)16/h3-10,18H,1-2H3. The maximum absolute atomic E-state index is 14.0. The van der Waals surface area contributed by atoms with Crippen LogP contribution in [-0.4, -0.2) is 7.05 Å². The van der Waals surface area contributed by atoms with Crippen molar-refractivity contribution < 1.29 is 9.13 Å². The van der Waals surface area contributed by atoms with E-state index in [2.05, 4.69) is 5.32 Å². The minimum atomic E-state index is -0.403. The number of para-hydroxylation sites is 2. The fourth-order valence-electron chi connectivity index (χ4n) is 1.77. The van der Waals surface area contributed by atoms with Gasteiger partial charge in [-0.2, -0.15) is 0 Å². The number of ether oxygens (including phenoxy) is 1. The molecule has 0 saturated heterocycles. The van der Waals surface area contributed by atoms with Gasteiger partial charge in [0.2, 0.25) is 0 Å². The van der Waals surface area contributed by atoms with E-state index in [-0.39, 0.29) is 11.8 Å². The number of nitrogens with one attached hydrogen (secondary N) is 1. The molecule has 1 unspecified atom stereocenters. The predicted octanol–water partition coefficient (Wildman–Crippen LogP) is 4.55. The summed E-state index contributed by atoms with van der Waals surface area (Å²) in [5.74, 6) is 0.246. The fourth-order valence-corrected chi connectivity index (χ4v) is 1.94. The summed E-state index contributed by atoms with van der Waals surface area (Å²) in [4.78, 5) is 0. The van der Waals surface area contributed by atoms with Crippen LogP contribution in [0, 0.1) is 5.82 Å². The fraction of sp³-hybridized carbons (Fsp3) is 0.200. The second-order valence-electron chi connectivity index (χ2n) is 4.20. The number of hydrogen-bond donors (Lipinski definition) is 1. The van der Waals surface area contributed by atoms with Crippen LogP contribution in [0.1, 0.15) is 18.5 Å². The van der Waals surface area contributed by atoms with Gasteiger partial charge in [-0.05, 0) is 32.2 Å². The second-order valence-corrected chi connectivity index (χ2v) is 4.61. The van der Waals surface area contributed by atoms with Crippen molar-refractivity contribution in [2.24, 2.45) is 0 Å². The van der Waals surface area contributed by atoms with Crippen molar-refractivity contribution in [2.75, 3.05) is 7.05 Å². The van der Waals surface area contributed by atoms with E-state index in [9.17, 15) is 4.39 Å². The molecule has 1 N–H and O–H groups in total. The Bertz CT molecular complexity index is 574. The summed E-state index contributed by atoms with van der Waals surface area (Å²) in [5.41, 5.74) is 0.752. The van der Waals surface area contributed by atoms with Gasteiger partial charge in [0.15, 0.2) is 11.6 Å². The topological polar surface area (TPSA) is 21.3 Å². The zero-order valence-electron chi connectivity index (χ0n) is 10.8. The third kappa shape index (κ3) is 3.06. The molecule has 19 heavy (non-hydrogen) atoms. The van der Waals surface area contributed by atoms with Crippen molar-refractivity contribution >= 4 is 11.6 Å². The molecule has 4 heteroatoms. The summed E-state index contributed by atoms with van der Waals surface area (Å²) in [7, 11) is 1.81. The van der Waals surface area contributed by atoms with Crippen LogP contribution < -0.4 is 10.1 Å². The van der Waals surface area contributed by atoms with Gasteiger partial charge in [-0.25, -0.2) is 4.39 Å². The van der Waals surface area contributed by atoms with Crippen molar-refractivity contribution in [3.63, 3.8) is 0 Å². The molecule has 0 radical (unpaired) electrons. The highest BCUT2D eigenvalue weighted by Crippen LogP contribution is 2.35. The largest absolute Gasteiger partial charge is 0.452 e. The SMILES string of the molecule is CNC(C)c1cccc(F)c1Oc1ccccc1Cl. The Hall–Kier alpha value is -1.58. The Kier molecular flexibility index (Phi) is 4.40. The summed E-state index contributed by atoms with van der Waals surface area (Å²) in [5, 5.41) is 3.52. The zero-order chi connectivity index (χ0) is 13.8. The van der Waals surface area contributed by atoms with Crippen LogP contribution in [0.15, 0.2) is 42.5 Å². The quantitative estimate of drug-likeness (QED) is 0.886. The molecule has 2 aromatic rings. The summed E-state index contributed by atoms with van der Waals surface area (Å²) < 4.78 is 19.6. The molecule has 0 bridgehead atoms. The van der Waals surface area contributed by atoms with Crippen LogP contribution >= 0.6 is 11.6 Å². The molecule has 2 rings (SSSR count). The van der Waals surface area contributed by atoms with Gasteiger partial charge in [0.05, 0.1) is 5.02 Å². The van der Waals surface area contributed by atoms with Crippen molar-refractivity contribution in [1.29, 1.82) is 0 Å². The molecular weight excluding hydrogens is 265 g/mol. The lowest BCUT2D eigenvalue weighted by molar-refractivity contribution is 0.428. The first-order valence-corrected chi connectivity index (χ1v) is 6.39. The Morgan fingerprint density at radius 2 is 1.89 bits per heavy atom. The lowest BCUT2D eigenvalue weighted by Crippen LogP contribution is -2.13. The monoisotopic (exact) mass is 279 g/mol. The van der Waals surface area contributed by atoms with Gasteiger partial charge < -0.3 is 10.1 Å². The molecule has 0 aliphatic carbocycles. The normalized spacial score (nSPS) is 12.2. The Morgan fingerprint density at radius 3 is 2.58 bits per heavy atom. The minimum Gasteiger partial charge on any atom is -0.452 e. The van der Waals surface area contributed by atoms with Gasteiger partial charge in [-0.15, -0.1) is 0 Å². The first kappa shape index (κ1) is 13.8. The van der Waals surface area contributed by atoms with Crippen molar-refractivity contribution in [2.45, 2.75) is 13.0 Å². The molecule has 0 aliphatic heterocycles. The van der Waals surface area contributed by atoms with E-state index in [0.29, 0.717) is 10.8 Å². The molecule has 0 aliphatic rings. The van der Waals surface area contributed by atoms with Crippen LogP contribution in [0.25, 0.3) is 0 Å². The van der Waals surface area contributed by atoms with Crippen LogP contribution in [0.3, 0.4) is 0 Å². The first-order valence-electron chi connectivity index (χ1n) is 6.01. The predicted molar refractivity (Wildman–Crippen MR) is 75.4 cm³/mol. The molecule has 0 spiro atoms. The van der Waals surface area contributed by atoms with E-state index < -0.39 is 5.82 Å². The average Bonchev–Trinajstić information content (AvgIpc) is 2.42. The van der Waals surface area contributed by atoms with Gasteiger partial charge >= 0.3 is 0 Å². The third-order valence-electron chi connectivity index (χ3n) is 2.95. The molecule has 2 aromatic carbocycles. The van der Waals surface area contributed by atoms with E-state index in [4.69, 9.17) is 16.3 Å². The van der Waals surface area contributed by atoms with E-state index in [1.54, 1.807) is 30.3 Å². The molecule has 0 saturated carbocycles. The van der Waals surface area contributed by atoms with Gasteiger partial charge in [-0.1, -0.05) is 35.9 Å².